The molecule has 0 aliphatic carbocycles. The second-order valence-electron chi connectivity index (χ2n) is 15.3. The lowest BCUT2D eigenvalue weighted by Crippen LogP contribution is -2.60. The topological polar surface area (TPSA) is 56.3 Å². The highest BCUT2D eigenvalue weighted by molar-refractivity contribution is 5.79. The van der Waals surface area contributed by atoms with Gasteiger partial charge in [-0.2, -0.15) is 0 Å². The van der Waals surface area contributed by atoms with Gasteiger partial charge in [-0.25, -0.2) is 4.79 Å². The number of fused-ring (bicyclic) bond motifs is 2. The van der Waals surface area contributed by atoms with Crippen LogP contribution in [0.15, 0.2) is 30.3 Å². The number of hydrogen-bond donors (Lipinski definition) is 0. The number of carbonyl (C=O) groups is 2. The lowest BCUT2D eigenvalue weighted by Gasteiger charge is -2.50. The van der Waals surface area contributed by atoms with Crippen LogP contribution in [0.25, 0.3) is 0 Å². The zero-order chi connectivity index (χ0) is 28.9. The summed E-state index contributed by atoms with van der Waals surface area (Å²) in [5.74, 6) is 1.10. The molecule has 6 rings (SSSR count). The molecule has 7 heteroatoms. The van der Waals surface area contributed by atoms with E-state index in [1.807, 2.05) is 0 Å². The Morgan fingerprint density at radius 3 is 2.34 bits per heavy atom. The molecule has 5 aliphatic rings. The van der Waals surface area contributed by atoms with Crippen molar-refractivity contribution in [1.29, 1.82) is 0 Å². The molecule has 41 heavy (non-hydrogen) atoms. The Labute approximate surface area is 247 Å². The summed E-state index contributed by atoms with van der Waals surface area (Å²) in [5, 5.41) is 0. The number of piperidine rings is 1. The van der Waals surface area contributed by atoms with Crippen LogP contribution >= 0.6 is 0 Å². The molecule has 3 amide bonds. The minimum Gasteiger partial charge on any atom is -0.376 e. The standard InChI is InChI=1S/C34H52N4O3/c1-24(2)38-32(40)36(21-29-12-9-15-41-29)23-34(38)16-27-13-14-28(17-34)37(27)20-26-19-35(31(39)18-33(3,4)5)22-30(26)25-10-7-6-8-11-25/h6-8,10-11,24,26-30H,9,12-23H2,1-5H3/t26-,27?,28?,29?,30-,34?/m1/s1. The lowest BCUT2D eigenvalue weighted by atomic mass is 9.80. The van der Waals surface area contributed by atoms with Crippen molar-refractivity contribution in [2.24, 2.45) is 11.3 Å². The lowest BCUT2D eigenvalue weighted by molar-refractivity contribution is -0.132. The van der Waals surface area contributed by atoms with Gasteiger partial charge in [0.1, 0.15) is 0 Å². The van der Waals surface area contributed by atoms with E-state index in [0.717, 1.165) is 65.0 Å². The summed E-state index contributed by atoms with van der Waals surface area (Å²) < 4.78 is 5.93. The van der Waals surface area contributed by atoms with Crippen molar-refractivity contribution in [2.45, 2.75) is 115 Å². The summed E-state index contributed by atoms with van der Waals surface area (Å²) >= 11 is 0. The highest BCUT2D eigenvalue weighted by Crippen LogP contribution is 2.49. The van der Waals surface area contributed by atoms with Gasteiger partial charge in [0.05, 0.1) is 11.6 Å². The first-order valence-corrected chi connectivity index (χ1v) is 16.3. The highest BCUT2D eigenvalue weighted by Gasteiger charge is 2.58. The Morgan fingerprint density at radius 1 is 1.02 bits per heavy atom. The van der Waals surface area contributed by atoms with Gasteiger partial charge in [0.15, 0.2) is 0 Å². The van der Waals surface area contributed by atoms with Gasteiger partial charge in [-0.05, 0) is 69.3 Å². The molecule has 1 aromatic carbocycles. The molecule has 5 saturated heterocycles. The summed E-state index contributed by atoms with van der Waals surface area (Å²) in [6, 6.07) is 12.3. The van der Waals surface area contributed by atoms with Gasteiger partial charge in [-0.1, -0.05) is 51.1 Å². The van der Waals surface area contributed by atoms with E-state index in [2.05, 4.69) is 84.6 Å². The van der Waals surface area contributed by atoms with E-state index in [-0.39, 0.29) is 29.1 Å². The maximum absolute atomic E-state index is 13.7. The van der Waals surface area contributed by atoms with E-state index < -0.39 is 0 Å². The van der Waals surface area contributed by atoms with Crippen LogP contribution in [0, 0.1) is 11.3 Å². The average Bonchev–Trinajstić information content (AvgIpc) is 3.67. The zero-order valence-electron chi connectivity index (χ0n) is 26.1. The molecule has 7 nitrogen and oxygen atoms in total. The third-order valence-electron chi connectivity index (χ3n) is 10.6. The summed E-state index contributed by atoms with van der Waals surface area (Å²) in [7, 11) is 0. The number of benzene rings is 1. The Kier molecular flexibility index (Phi) is 7.90. The molecule has 5 heterocycles. The van der Waals surface area contributed by atoms with E-state index in [1.54, 1.807) is 0 Å². The monoisotopic (exact) mass is 564 g/mol. The number of carbonyl (C=O) groups excluding carboxylic acids is 2. The van der Waals surface area contributed by atoms with Gasteiger partial charge in [-0.3, -0.25) is 9.69 Å². The van der Waals surface area contributed by atoms with Crippen molar-refractivity contribution >= 4 is 11.9 Å². The van der Waals surface area contributed by atoms with Crippen LogP contribution in [-0.4, -0.2) is 101 Å². The van der Waals surface area contributed by atoms with E-state index >= 15 is 0 Å². The summed E-state index contributed by atoms with van der Waals surface area (Å²) in [4.78, 5) is 36.4. The number of amides is 3. The number of rotatable bonds is 7. The van der Waals surface area contributed by atoms with Gasteiger partial charge in [0.2, 0.25) is 5.91 Å². The molecule has 0 aromatic heterocycles. The fourth-order valence-corrected chi connectivity index (χ4v) is 9.01. The highest BCUT2D eigenvalue weighted by atomic mass is 16.5. The minimum absolute atomic E-state index is 0.00349. The molecule has 0 radical (unpaired) electrons. The molecule has 0 N–H and O–H groups in total. The Hall–Kier alpha value is -2.12. The van der Waals surface area contributed by atoms with Crippen molar-refractivity contribution in [2.75, 3.05) is 39.3 Å². The molecule has 2 bridgehead atoms. The first-order chi connectivity index (χ1) is 19.5. The van der Waals surface area contributed by atoms with Crippen molar-refractivity contribution in [3.63, 3.8) is 0 Å². The second-order valence-corrected chi connectivity index (χ2v) is 15.3. The summed E-state index contributed by atoms with van der Waals surface area (Å²) in [5.41, 5.74) is 1.29. The third kappa shape index (κ3) is 5.78. The fraction of sp³-hybridized carbons (Fsp3) is 0.765. The first-order valence-electron chi connectivity index (χ1n) is 16.3. The van der Waals surface area contributed by atoms with Gasteiger partial charge in [-0.15, -0.1) is 0 Å². The third-order valence-corrected chi connectivity index (χ3v) is 10.6. The number of urea groups is 1. The van der Waals surface area contributed by atoms with Crippen molar-refractivity contribution in [3.8, 4) is 0 Å². The Bertz CT molecular complexity index is 1080. The van der Waals surface area contributed by atoms with Gasteiger partial charge < -0.3 is 19.4 Å². The molecular weight excluding hydrogens is 512 g/mol. The quantitative estimate of drug-likeness (QED) is 0.448. The largest absolute Gasteiger partial charge is 0.376 e. The maximum Gasteiger partial charge on any atom is 0.320 e. The van der Waals surface area contributed by atoms with Crippen LogP contribution < -0.4 is 0 Å². The number of ether oxygens (including phenoxy) is 1. The molecule has 1 aromatic rings. The average molecular weight is 565 g/mol. The number of likely N-dealkylation sites (tertiary alicyclic amines) is 1. The van der Waals surface area contributed by atoms with E-state index in [9.17, 15) is 9.59 Å². The van der Waals surface area contributed by atoms with Crippen LogP contribution in [0.2, 0.25) is 0 Å². The second kappa shape index (κ2) is 11.2. The van der Waals surface area contributed by atoms with Crippen LogP contribution in [-0.2, 0) is 9.53 Å². The molecule has 5 atom stereocenters. The smallest absolute Gasteiger partial charge is 0.320 e. The molecular formula is C34H52N4O3. The minimum atomic E-state index is -0.0740. The zero-order valence-corrected chi connectivity index (χ0v) is 26.1. The van der Waals surface area contributed by atoms with E-state index in [4.69, 9.17) is 4.74 Å². The molecule has 226 valence electrons. The fourth-order valence-electron chi connectivity index (χ4n) is 9.01. The first kappa shape index (κ1) is 29.0. The molecule has 0 saturated carbocycles. The summed E-state index contributed by atoms with van der Waals surface area (Å²) in [6.45, 7) is 16.0. The maximum atomic E-state index is 13.7. The Balaban J connectivity index is 1.19. The van der Waals surface area contributed by atoms with Crippen molar-refractivity contribution in [1.82, 2.24) is 19.6 Å². The SMILES string of the molecule is CC(C)N1C(=O)N(CC2CCCO2)CC12CC1CCC(C2)N1C[C@H]1CN(C(=O)CC(C)(C)C)C[C@@H]1c1ccccc1. The van der Waals surface area contributed by atoms with Gasteiger partial charge >= 0.3 is 6.03 Å². The molecule has 3 unspecified atom stereocenters. The summed E-state index contributed by atoms with van der Waals surface area (Å²) in [6.07, 6.45) is 7.52. The molecule has 5 fully saturated rings. The van der Waals surface area contributed by atoms with Crippen LogP contribution in [0.3, 0.4) is 0 Å². The number of nitrogens with zero attached hydrogens (tertiary/aromatic N) is 4. The Morgan fingerprint density at radius 2 is 1.73 bits per heavy atom. The van der Waals surface area contributed by atoms with Gasteiger partial charge in [0.25, 0.3) is 0 Å². The van der Waals surface area contributed by atoms with Crippen molar-refractivity contribution in [3.05, 3.63) is 35.9 Å². The van der Waals surface area contributed by atoms with Crippen LogP contribution in [0.4, 0.5) is 4.79 Å². The molecule has 5 aliphatic heterocycles. The van der Waals surface area contributed by atoms with Crippen LogP contribution in [0.5, 0.6) is 0 Å². The van der Waals surface area contributed by atoms with Crippen LogP contribution in [0.1, 0.15) is 91.0 Å². The normalized spacial score (nSPS) is 34.1. The number of hydrogen-bond acceptors (Lipinski definition) is 4. The molecule has 1 spiro atoms. The predicted octanol–water partition coefficient (Wildman–Crippen LogP) is 5.36. The van der Waals surface area contributed by atoms with E-state index in [0.29, 0.717) is 36.2 Å². The van der Waals surface area contributed by atoms with Crippen molar-refractivity contribution < 1.29 is 14.3 Å². The van der Waals surface area contributed by atoms with E-state index in [1.165, 1.54) is 18.4 Å². The predicted molar refractivity (Wildman–Crippen MR) is 162 cm³/mol. The van der Waals surface area contributed by atoms with Gasteiger partial charge in [0, 0.05) is 69.8 Å².